The molecule has 8 nitrogen and oxygen atoms in total. The van der Waals surface area contributed by atoms with Crippen molar-refractivity contribution in [2.45, 2.75) is 13.3 Å². The Bertz CT molecular complexity index is 892. The van der Waals surface area contributed by atoms with Crippen LogP contribution < -0.4 is 11.5 Å². The van der Waals surface area contributed by atoms with Crippen molar-refractivity contribution < 1.29 is 9.90 Å². The van der Waals surface area contributed by atoms with Crippen LogP contribution in [0.4, 0.5) is 11.8 Å². The topological polar surface area (TPSA) is 141 Å². The van der Waals surface area contributed by atoms with Crippen molar-refractivity contribution in [3.05, 3.63) is 22.0 Å². The number of hydrogen-bond donors (Lipinski definition) is 3. The summed E-state index contributed by atoms with van der Waals surface area (Å²) < 4.78 is 0. The zero-order chi connectivity index (χ0) is 15.9. The molecule has 0 saturated heterocycles. The Morgan fingerprint density at radius 1 is 1.32 bits per heavy atom. The number of aromatic carboxylic acids is 1. The van der Waals surface area contributed by atoms with Gasteiger partial charge in [-0.05, 0) is 12.5 Å². The number of carbonyl (C=O) groups is 1. The fourth-order valence-corrected chi connectivity index (χ4v) is 2.99. The first-order chi connectivity index (χ1) is 10.5. The predicted octanol–water partition coefficient (Wildman–Crippen LogP) is 1.57. The number of hydrogen-bond acceptors (Lipinski definition) is 8. The van der Waals surface area contributed by atoms with Crippen LogP contribution in [0.15, 0.2) is 12.3 Å². The Balaban J connectivity index is 2.22. The van der Waals surface area contributed by atoms with Crippen LogP contribution in [-0.4, -0.2) is 31.0 Å². The molecule has 3 aromatic rings. The lowest BCUT2D eigenvalue weighted by Crippen LogP contribution is -2.04. The number of aromatic nitrogens is 4. The molecule has 22 heavy (non-hydrogen) atoms. The first kappa shape index (κ1) is 14.1. The molecule has 3 heterocycles. The Morgan fingerprint density at radius 2 is 2.09 bits per heavy atom. The van der Waals surface area contributed by atoms with Gasteiger partial charge in [-0.3, -0.25) is 0 Å². The van der Waals surface area contributed by atoms with E-state index in [-0.39, 0.29) is 22.3 Å². The summed E-state index contributed by atoms with van der Waals surface area (Å²) in [4.78, 5) is 28.9. The minimum Gasteiger partial charge on any atom is -0.477 e. The number of carboxylic acid groups (broad SMARTS) is 1. The molecule has 0 atom stereocenters. The van der Waals surface area contributed by atoms with Crippen LogP contribution >= 0.6 is 11.3 Å². The van der Waals surface area contributed by atoms with E-state index in [1.54, 1.807) is 6.07 Å². The Morgan fingerprint density at radius 3 is 2.77 bits per heavy atom. The quantitative estimate of drug-likeness (QED) is 0.661. The molecule has 0 spiro atoms. The molecule has 0 bridgehead atoms. The lowest BCUT2D eigenvalue weighted by atomic mass is 10.1. The second kappa shape index (κ2) is 5.19. The highest BCUT2D eigenvalue weighted by Crippen LogP contribution is 2.31. The summed E-state index contributed by atoms with van der Waals surface area (Å²) in [6.07, 6.45) is 2.20. The molecule has 3 aromatic heterocycles. The van der Waals surface area contributed by atoms with Crippen LogP contribution in [0.2, 0.25) is 0 Å². The van der Waals surface area contributed by atoms with Gasteiger partial charge in [-0.2, -0.15) is 9.97 Å². The van der Waals surface area contributed by atoms with Crippen LogP contribution in [0.25, 0.3) is 22.4 Å². The van der Waals surface area contributed by atoms with Gasteiger partial charge in [-0.1, -0.05) is 6.92 Å². The molecule has 112 valence electrons. The summed E-state index contributed by atoms with van der Waals surface area (Å²) in [6, 6.07) is 1.80. The minimum atomic E-state index is -0.997. The number of fused-ring (bicyclic) bond motifs is 1. The van der Waals surface area contributed by atoms with E-state index in [1.807, 2.05) is 6.92 Å². The Kier molecular flexibility index (Phi) is 3.33. The Labute approximate surface area is 128 Å². The molecule has 0 aliphatic rings. The van der Waals surface area contributed by atoms with Gasteiger partial charge in [0.15, 0.2) is 17.0 Å². The summed E-state index contributed by atoms with van der Waals surface area (Å²) in [5, 5.41) is 9.34. The maximum atomic E-state index is 11.4. The third kappa shape index (κ3) is 2.31. The number of nitrogens with zero attached hydrogens (tertiary/aromatic N) is 4. The van der Waals surface area contributed by atoms with Gasteiger partial charge in [0.1, 0.15) is 4.88 Å². The van der Waals surface area contributed by atoms with Gasteiger partial charge in [0.25, 0.3) is 0 Å². The summed E-state index contributed by atoms with van der Waals surface area (Å²) in [6.45, 7) is 1.96. The largest absolute Gasteiger partial charge is 0.477 e. The monoisotopic (exact) mass is 316 g/mol. The van der Waals surface area contributed by atoms with Gasteiger partial charge < -0.3 is 16.6 Å². The number of nitrogen functional groups attached to an aromatic ring is 2. The van der Waals surface area contributed by atoms with E-state index in [4.69, 9.17) is 11.5 Å². The zero-order valence-corrected chi connectivity index (χ0v) is 12.4. The fourth-order valence-electron chi connectivity index (χ4n) is 2.04. The van der Waals surface area contributed by atoms with Gasteiger partial charge in [0, 0.05) is 10.4 Å². The second-order valence-corrected chi connectivity index (χ2v) is 5.65. The van der Waals surface area contributed by atoms with E-state index < -0.39 is 5.97 Å². The van der Waals surface area contributed by atoms with E-state index >= 15 is 0 Å². The zero-order valence-electron chi connectivity index (χ0n) is 11.6. The number of thiophene rings is 1. The van der Waals surface area contributed by atoms with Crippen molar-refractivity contribution in [1.82, 2.24) is 19.9 Å². The van der Waals surface area contributed by atoms with Crippen molar-refractivity contribution in [2.75, 3.05) is 11.5 Å². The van der Waals surface area contributed by atoms with Gasteiger partial charge in [0.2, 0.25) is 5.95 Å². The third-order valence-corrected chi connectivity index (χ3v) is 4.32. The lowest BCUT2D eigenvalue weighted by molar-refractivity contribution is 0.0703. The van der Waals surface area contributed by atoms with E-state index in [1.165, 1.54) is 17.5 Å². The average molecular weight is 316 g/mol. The maximum Gasteiger partial charge on any atom is 0.346 e. The first-order valence-corrected chi connectivity index (χ1v) is 7.23. The van der Waals surface area contributed by atoms with Crippen LogP contribution in [0.3, 0.4) is 0 Å². The maximum absolute atomic E-state index is 11.4. The lowest BCUT2D eigenvalue weighted by Gasteiger charge is -2.04. The summed E-state index contributed by atoms with van der Waals surface area (Å²) in [5.74, 6) is -0.870. The van der Waals surface area contributed by atoms with Gasteiger partial charge in [-0.15, -0.1) is 11.3 Å². The number of anilines is 2. The highest BCUT2D eigenvalue weighted by atomic mass is 32.1. The molecular formula is C13H12N6O2S. The summed E-state index contributed by atoms with van der Waals surface area (Å²) in [7, 11) is 0. The normalized spacial score (nSPS) is 11.0. The SMILES string of the molecule is CCc1cc(-c2cnc3nc(N)nc(N)c3n2)c(C(=O)O)s1. The van der Waals surface area contributed by atoms with Crippen LogP contribution in [0, 0.1) is 0 Å². The van der Waals surface area contributed by atoms with Crippen molar-refractivity contribution in [1.29, 1.82) is 0 Å². The van der Waals surface area contributed by atoms with Gasteiger partial charge in [0.05, 0.1) is 11.9 Å². The van der Waals surface area contributed by atoms with Crippen LogP contribution in [-0.2, 0) is 6.42 Å². The Hall–Kier alpha value is -2.81. The molecular weight excluding hydrogens is 304 g/mol. The van der Waals surface area contributed by atoms with E-state index in [0.29, 0.717) is 16.8 Å². The average Bonchev–Trinajstić information content (AvgIpc) is 2.91. The molecule has 5 N–H and O–H groups in total. The number of carboxylic acids is 1. The summed E-state index contributed by atoms with van der Waals surface area (Å²) in [5.41, 5.74) is 12.8. The van der Waals surface area contributed by atoms with E-state index in [0.717, 1.165) is 11.3 Å². The third-order valence-electron chi connectivity index (χ3n) is 3.05. The highest BCUT2D eigenvalue weighted by Gasteiger charge is 2.18. The molecule has 9 heteroatoms. The van der Waals surface area contributed by atoms with Crippen molar-refractivity contribution in [3.8, 4) is 11.3 Å². The molecule has 0 aromatic carbocycles. The molecule has 0 fully saturated rings. The predicted molar refractivity (Wildman–Crippen MR) is 83.6 cm³/mol. The number of aryl methyl sites for hydroxylation is 1. The molecule has 3 rings (SSSR count). The highest BCUT2D eigenvalue weighted by molar-refractivity contribution is 7.14. The van der Waals surface area contributed by atoms with Crippen LogP contribution in [0.5, 0.6) is 0 Å². The van der Waals surface area contributed by atoms with Gasteiger partial charge in [-0.25, -0.2) is 14.8 Å². The summed E-state index contributed by atoms with van der Waals surface area (Å²) >= 11 is 1.22. The standard InChI is InChI=1S/C13H12N6O2S/c1-2-5-3-6(9(22-5)12(20)21)7-4-16-11-8(17-7)10(14)18-13(15)19-11/h3-4H,2H2,1H3,(H,20,21)(H4,14,15,16,18,19). The molecule has 0 radical (unpaired) electrons. The van der Waals surface area contributed by atoms with E-state index in [2.05, 4.69) is 19.9 Å². The molecule has 0 aliphatic carbocycles. The van der Waals surface area contributed by atoms with E-state index in [9.17, 15) is 9.90 Å². The van der Waals surface area contributed by atoms with Crippen molar-refractivity contribution >= 4 is 40.2 Å². The smallest absolute Gasteiger partial charge is 0.346 e. The number of rotatable bonds is 3. The number of nitrogens with two attached hydrogens (primary N) is 2. The molecule has 0 unspecified atom stereocenters. The molecule has 0 saturated carbocycles. The van der Waals surface area contributed by atoms with Gasteiger partial charge >= 0.3 is 5.97 Å². The molecule has 0 amide bonds. The first-order valence-electron chi connectivity index (χ1n) is 6.41. The fraction of sp³-hybridized carbons (Fsp3) is 0.154. The van der Waals surface area contributed by atoms with Crippen molar-refractivity contribution in [2.24, 2.45) is 0 Å². The molecule has 0 aliphatic heterocycles. The minimum absolute atomic E-state index is 0.0158. The van der Waals surface area contributed by atoms with Crippen molar-refractivity contribution in [3.63, 3.8) is 0 Å². The van der Waals surface area contributed by atoms with Crippen LogP contribution in [0.1, 0.15) is 21.5 Å². The second-order valence-electron chi connectivity index (χ2n) is 4.51.